The highest BCUT2D eigenvalue weighted by molar-refractivity contribution is 6.09. The van der Waals surface area contributed by atoms with E-state index in [2.05, 4.69) is 15.0 Å². The largest absolute Gasteiger partial charge is 0.344 e. The summed E-state index contributed by atoms with van der Waals surface area (Å²) in [5, 5.41) is 0. The van der Waals surface area contributed by atoms with Gasteiger partial charge in [0.2, 0.25) is 0 Å². The summed E-state index contributed by atoms with van der Waals surface area (Å²) in [6, 6.07) is 8.96. The van der Waals surface area contributed by atoms with Gasteiger partial charge >= 0.3 is 0 Å². The number of ketones is 1. The Hall–Kier alpha value is -3.02. The molecular weight excluding hydrogens is 316 g/mol. The molecule has 2 heterocycles. The number of benzene rings is 1. The van der Waals surface area contributed by atoms with E-state index in [9.17, 15) is 9.59 Å². The van der Waals surface area contributed by atoms with Gasteiger partial charge < -0.3 is 4.98 Å². The lowest BCUT2D eigenvalue weighted by Gasteiger charge is -2.17. The molecule has 1 aromatic carbocycles. The van der Waals surface area contributed by atoms with Gasteiger partial charge in [-0.25, -0.2) is 9.97 Å². The van der Waals surface area contributed by atoms with Gasteiger partial charge in [0.25, 0.3) is 5.91 Å². The van der Waals surface area contributed by atoms with Crippen LogP contribution in [0.3, 0.4) is 0 Å². The summed E-state index contributed by atoms with van der Waals surface area (Å²) < 4.78 is 0. The van der Waals surface area contributed by atoms with Crippen molar-refractivity contribution in [1.29, 1.82) is 0 Å². The molecule has 0 spiro atoms. The second-order valence-corrected chi connectivity index (χ2v) is 6.94. The van der Waals surface area contributed by atoms with E-state index in [-0.39, 0.29) is 11.7 Å². The fourth-order valence-corrected chi connectivity index (χ4v) is 2.50. The number of aromatic nitrogens is 3. The molecule has 0 atom stereocenters. The minimum atomic E-state index is -0.529. The first-order valence-corrected chi connectivity index (χ1v) is 8.01. The average molecular weight is 336 g/mol. The molecule has 128 valence electrons. The summed E-state index contributed by atoms with van der Waals surface area (Å²) in [7, 11) is 1.64. The van der Waals surface area contributed by atoms with Crippen LogP contribution in [0, 0.1) is 5.41 Å². The van der Waals surface area contributed by atoms with Crippen molar-refractivity contribution in [3.05, 3.63) is 53.9 Å². The van der Waals surface area contributed by atoms with Gasteiger partial charge in [0.05, 0.1) is 11.8 Å². The van der Waals surface area contributed by atoms with Crippen LogP contribution in [0.5, 0.6) is 0 Å². The summed E-state index contributed by atoms with van der Waals surface area (Å²) in [5.74, 6) is 0.180. The molecule has 0 saturated carbocycles. The highest BCUT2D eigenvalue weighted by Crippen LogP contribution is 2.26. The van der Waals surface area contributed by atoms with E-state index in [1.807, 2.05) is 39.0 Å². The first-order chi connectivity index (χ1) is 11.8. The Bertz CT molecular complexity index is 939. The molecule has 0 aliphatic heterocycles. The summed E-state index contributed by atoms with van der Waals surface area (Å²) in [5.41, 5.74) is 1.52. The Morgan fingerprint density at radius 2 is 1.80 bits per heavy atom. The molecule has 0 fully saturated rings. The molecule has 3 rings (SSSR count). The Kier molecular flexibility index (Phi) is 4.12. The van der Waals surface area contributed by atoms with Crippen LogP contribution >= 0.6 is 0 Å². The number of H-pyrrole nitrogens is 1. The number of fused-ring (bicyclic) bond motifs is 1. The summed E-state index contributed by atoms with van der Waals surface area (Å²) in [4.78, 5) is 38.4. The van der Waals surface area contributed by atoms with Gasteiger partial charge in [-0.3, -0.25) is 14.5 Å². The topological polar surface area (TPSA) is 79.0 Å². The fourth-order valence-electron chi connectivity index (χ4n) is 2.50. The minimum absolute atomic E-state index is 0.0257. The van der Waals surface area contributed by atoms with Crippen molar-refractivity contribution in [1.82, 2.24) is 15.0 Å². The highest BCUT2D eigenvalue weighted by atomic mass is 16.2. The number of amides is 1. The summed E-state index contributed by atoms with van der Waals surface area (Å²) in [6.07, 6.45) is 3.14. The van der Waals surface area contributed by atoms with Crippen LogP contribution in [0.1, 0.15) is 41.5 Å². The Morgan fingerprint density at radius 3 is 2.44 bits per heavy atom. The van der Waals surface area contributed by atoms with Crippen LogP contribution in [0.25, 0.3) is 11.2 Å². The molecule has 1 amide bonds. The van der Waals surface area contributed by atoms with Crippen molar-refractivity contribution in [2.45, 2.75) is 20.8 Å². The number of hydrogen-bond donors (Lipinski definition) is 1. The predicted molar refractivity (Wildman–Crippen MR) is 96.8 cm³/mol. The Morgan fingerprint density at radius 1 is 1.12 bits per heavy atom. The van der Waals surface area contributed by atoms with Crippen molar-refractivity contribution in [2.75, 3.05) is 11.9 Å². The van der Waals surface area contributed by atoms with Crippen LogP contribution in [0.2, 0.25) is 0 Å². The molecule has 0 aliphatic rings. The lowest BCUT2D eigenvalue weighted by molar-refractivity contribution is 0.0859. The maximum Gasteiger partial charge on any atom is 0.259 e. The van der Waals surface area contributed by atoms with E-state index in [0.29, 0.717) is 28.1 Å². The number of rotatable bonds is 3. The standard InChI is InChI=1S/C19H20N4O2/c1-19(2,3)16(24)13-10-20-17-15(13)22-14(11-21-17)23(4)18(25)12-8-6-5-7-9-12/h5-11H,1-4H3,(H,20,21). The normalized spacial score (nSPS) is 11.5. The third kappa shape index (κ3) is 3.15. The van der Waals surface area contributed by atoms with Gasteiger partial charge in [-0.15, -0.1) is 0 Å². The number of carbonyl (C=O) groups excluding carboxylic acids is 2. The number of carbonyl (C=O) groups is 2. The van der Waals surface area contributed by atoms with E-state index in [1.54, 1.807) is 25.4 Å². The van der Waals surface area contributed by atoms with Crippen molar-refractivity contribution < 1.29 is 9.59 Å². The molecule has 1 N–H and O–H groups in total. The summed E-state index contributed by atoms with van der Waals surface area (Å²) >= 11 is 0. The van der Waals surface area contributed by atoms with Crippen LogP contribution in [-0.2, 0) is 0 Å². The van der Waals surface area contributed by atoms with Crippen molar-refractivity contribution >= 4 is 28.7 Å². The van der Waals surface area contributed by atoms with E-state index in [4.69, 9.17) is 0 Å². The van der Waals surface area contributed by atoms with E-state index >= 15 is 0 Å². The predicted octanol–water partition coefficient (Wildman–Crippen LogP) is 3.46. The van der Waals surface area contributed by atoms with Gasteiger partial charge in [-0.2, -0.15) is 0 Å². The Balaban J connectivity index is 2.01. The first-order valence-electron chi connectivity index (χ1n) is 8.01. The van der Waals surface area contributed by atoms with Gasteiger partial charge in [0.1, 0.15) is 5.52 Å². The van der Waals surface area contributed by atoms with Crippen molar-refractivity contribution in [2.24, 2.45) is 5.41 Å². The zero-order chi connectivity index (χ0) is 18.2. The van der Waals surface area contributed by atoms with Crippen LogP contribution in [0.15, 0.2) is 42.7 Å². The molecule has 0 bridgehead atoms. The van der Waals surface area contributed by atoms with Gasteiger partial charge in [0, 0.05) is 24.2 Å². The molecule has 0 saturated heterocycles. The van der Waals surface area contributed by atoms with E-state index in [1.165, 1.54) is 11.1 Å². The molecular formula is C19H20N4O2. The second-order valence-electron chi connectivity index (χ2n) is 6.94. The van der Waals surface area contributed by atoms with Crippen LogP contribution < -0.4 is 4.90 Å². The molecule has 0 aliphatic carbocycles. The highest BCUT2D eigenvalue weighted by Gasteiger charge is 2.27. The second kappa shape index (κ2) is 6.12. The monoisotopic (exact) mass is 336 g/mol. The zero-order valence-electron chi connectivity index (χ0n) is 14.7. The number of hydrogen-bond acceptors (Lipinski definition) is 4. The van der Waals surface area contributed by atoms with E-state index in [0.717, 1.165) is 0 Å². The quantitative estimate of drug-likeness (QED) is 0.743. The smallest absolute Gasteiger partial charge is 0.259 e. The fraction of sp³-hybridized carbons (Fsp3) is 0.263. The Labute approximate surface area is 145 Å². The number of nitrogens with zero attached hydrogens (tertiary/aromatic N) is 3. The average Bonchev–Trinajstić information content (AvgIpc) is 3.02. The first kappa shape index (κ1) is 16.8. The molecule has 0 radical (unpaired) electrons. The number of nitrogens with one attached hydrogen (secondary N) is 1. The van der Waals surface area contributed by atoms with Gasteiger partial charge in [-0.1, -0.05) is 39.0 Å². The van der Waals surface area contributed by atoms with Gasteiger partial charge in [0.15, 0.2) is 17.2 Å². The third-order valence-electron chi connectivity index (χ3n) is 3.96. The lowest BCUT2D eigenvalue weighted by Crippen LogP contribution is -2.27. The number of Topliss-reactive ketones (excluding diaryl/α,β-unsaturated/α-hetero) is 1. The van der Waals surface area contributed by atoms with Crippen molar-refractivity contribution in [3.8, 4) is 0 Å². The third-order valence-corrected chi connectivity index (χ3v) is 3.96. The van der Waals surface area contributed by atoms with Crippen LogP contribution in [-0.4, -0.2) is 33.7 Å². The zero-order valence-corrected chi connectivity index (χ0v) is 14.7. The molecule has 3 aromatic rings. The van der Waals surface area contributed by atoms with Crippen LogP contribution in [0.4, 0.5) is 5.82 Å². The molecule has 6 heteroatoms. The van der Waals surface area contributed by atoms with Crippen molar-refractivity contribution in [3.63, 3.8) is 0 Å². The summed E-state index contributed by atoms with van der Waals surface area (Å²) in [6.45, 7) is 5.57. The SMILES string of the molecule is CN(C(=O)c1ccccc1)c1cnc2[nH]cc(C(=O)C(C)(C)C)c2n1. The number of anilines is 1. The molecule has 25 heavy (non-hydrogen) atoms. The van der Waals surface area contributed by atoms with Gasteiger partial charge in [-0.05, 0) is 12.1 Å². The van der Waals surface area contributed by atoms with E-state index < -0.39 is 5.41 Å². The molecule has 0 unspecified atom stereocenters. The minimum Gasteiger partial charge on any atom is -0.344 e. The lowest BCUT2D eigenvalue weighted by atomic mass is 9.87. The number of aromatic amines is 1. The maximum absolute atomic E-state index is 12.6. The maximum atomic E-state index is 12.6. The molecule has 6 nitrogen and oxygen atoms in total. The molecule has 2 aromatic heterocycles.